The van der Waals surface area contributed by atoms with Crippen LogP contribution in [-0.4, -0.2) is 38.5 Å². The lowest BCUT2D eigenvalue weighted by atomic mass is 10.1. The molecule has 8 heteroatoms. The minimum absolute atomic E-state index is 0.0738. The zero-order valence-electron chi connectivity index (χ0n) is 15.3. The SMILES string of the molecule is CC(C)[C@H](C)NC(=O)CSc1nc2ccc(Br)cc2c(=O)n1C[C@H](C)O. The lowest BCUT2D eigenvalue weighted by Crippen LogP contribution is -2.37. The summed E-state index contributed by atoms with van der Waals surface area (Å²) in [4.78, 5) is 29.5. The number of aliphatic hydroxyl groups excluding tert-OH is 1. The molecular weight excluding hydrogens is 418 g/mol. The van der Waals surface area contributed by atoms with E-state index >= 15 is 0 Å². The third-order valence-corrected chi connectivity index (χ3v) is 5.52. The molecule has 26 heavy (non-hydrogen) atoms. The van der Waals surface area contributed by atoms with Gasteiger partial charge in [0.15, 0.2) is 5.16 Å². The highest BCUT2D eigenvalue weighted by atomic mass is 79.9. The van der Waals surface area contributed by atoms with Crippen LogP contribution in [0.5, 0.6) is 0 Å². The van der Waals surface area contributed by atoms with E-state index in [9.17, 15) is 14.7 Å². The third kappa shape index (κ3) is 5.31. The van der Waals surface area contributed by atoms with Crippen LogP contribution in [0, 0.1) is 5.92 Å². The van der Waals surface area contributed by atoms with Crippen LogP contribution in [0.25, 0.3) is 10.9 Å². The van der Waals surface area contributed by atoms with E-state index < -0.39 is 6.10 Å². The first kappa shape index (κ1) is 20.9. The molecule has 1 aromatic heterocycles. The number of nitrogens with zero attached hydrogens (tertiary/aromatic N) is 2. The van der Waals surface area contributed by atoms with Crippen LogP contribution < -0.4 is 10.9 Å². The van der Waals surface area contributed by atoms with Crippen LogP contribution in [-0.2, 0) is 11.3 Å². The Labute approximate surface area is 165 Å². The van der Waals surface area contributed by atoms with Crippen LogP contribution >= 0.6 is 27.7 Å². The zero-order chi connectivity index (χ0) is 19.4. The van der Waals surface area contributed by atoms with Gasteiger partial charge >= 0.3 is 0 Å². The second-order valence-electron chi connectivity index (χ2n) is 6.71. The Hall–Kier alpha value is -1.38. The first-order valence-corrected chi connectivity index (χ1v) is 10.3. The summed E-state index contributed by atoms with van der Waals surface area (Å²) in [6, 6.07) is 5.37. The molecule has 2 N–H and O–H groups in total. The highest BCUT2D eigenvalue weighted by molar-refractivity contribution is 9.10. The quantitative estimate of drug-likeness (QED) is 0.509. The van der Waals surface area contributed by atoms with Crippen molar-refractivity contribution in [2.75, 3.05) is 5.75 Å². The first-order chi connectivity index (χ1) is 12.2. The Kier molecular flexibility index (Phi) is 7.25. The fraction of sp³-hybridized carbons (Fsp3) is 0.500. The van der Waals surface area contributed by atoms with E-state index in [1.165, 1.54) is 16.3 Å². The van der Waals surface area contributed by atoms with Crippen LogP contribution in [0.15, 0.2) is 32.6 Å². The summed E-state index contributed by atoms with van der Waals surface area (Å²) in [7, 11) is 0. The number of aromatic nitrogens is 2. The summed E-state index contributed by atoms with van der Waals surface area (Å²) >= 11 is 4.56. The lowest BCUT2D eigenvalue weighted by molar-refractivity contribution is -0.119. The van der Waals surface area contributed by atoms with Crippen molar-refractivity contribution in [1.82, 2.24) is 14.9 Å². The molecule has 0 aliphatic rings. The van der Waals surface area contributed by atoms with Gasteiger partial charge in [0.25, 0.3) is 5.56 Å². The standard InChI is InChI=1S/C18H24BrN3O3S/c1-10(2)12(4)20-16(24)9-26-18-21-15-6-5-13(19)7-14(15)17(25)22(18)8-11(3)23/h5-7,10-12,23H,8-9H2,1-4H3,(H,20,24)/t11-,12-/m0/s1. The van der Waals surface area contributed by atoms with E-state index in [4.69, 9.17) is 0 Å². The average molecular weight is 442 g/mol. The Balaban J connectivity index is 2.31. The predicted octanol–water partition coefficient (Wildman–Crippen LogP) is 2.79. The molecule has 1 amide bonds. The van der Waals surface area contributed by atoms with Gasteiger partial charge in [0.1, 0.15) is 0 Å². The van der Waals surface area contributed by atoms with Gasteiger partial charge in [0.2, 0.25) is 5.91 Å². The van der Waals surface area contributed by atoms with Crippen molar-refractivity contribution >= 4 is 44.5 Å². The number of nitrogens with one attached hydrogen (secondary N) is 1. The number of carbonyl (C=O) groups is 1. The topological polar surface area (TPSA) is 84.2 Å². The number of rotatable bonds is 7. The number of fused-ring (bicyclic) bond motifs is 1. The summed E-state index contributed by atoms with van der Waals surface area (Å²) in [5.74, 6) is 0.394. The average Bonchev–Trinajstić information content (AvgIpc) is 2.56. The van der Waals surface area contributed by atoms with Crippen molar-refractivity contribution < 1.29 is 9.90 Å². The summed E-state index contributed by atoms with van der Waals surface area (Å²) in [6.07, 6.45) is -0.701. The fourth-order valence-corrected chi connectivity index (χ4v) is 3.48. The van der Waals surface area contributed by atoms with Crippen molar-refractivity contribution in [1.29, 1.82) is 0 Å². The van der Waals surface area contributed by atoms with Gasteiger partial charge in [0.05, 0.1) is 29.3 Å². The van der Waals surface area contributed by atoms with Crippen molar-refractivity contribution in [3.8, 4) is 0 Å². The molecule has 2 atom stereocenters. The lowest BCUT2D eigenvalue weighted by Gasteiger charge is -2.18. The van der Waals surface area contributed by atoms with Crippen molar-refractivity contribution in [3.63, 3.8) is 0 Å². The molecular formula is C18H24BrN3O3S. The summed E-state index contributed by atoms with van der Waals surface area (Å²) < 4.78 is 2.22. The van der Waals surface area contributed by atoms with Crippen LogP contribution in [0.1, 0.15) is 27.7 Å². The number of carbonyl (C=O) groups excluding carboxylic acids is 1. The molecule has 0 spiro atoms. The van der Waals surface area contributed by atoms with Gasteiger partial charge in [-0.25, -0.2) is 4.98 Å². The zero-order valence-corrected chi connectivity index (χ0v) is 17.7. The van der Waals surface area contributed by atoms with Gasteiger partial charge in [0, 0.05) is 10.5 Å². The smallest absolute Gasteiger partial charge is 0.262 e. The van der Waals surface area contributed by atoms with Crippen LogP contribution in [0.4, 0.5) is 0 Å². The fourth-order valence-electron chi connectivity index (χ4n) is 2.30. The molecule has 0 fully saturated rings. The maximum absolute atomic E-state index is 12.8. The van der Waals surface area contributed by atoms with Crippen LogP contribution in [0.3, 0.4) is 0 Å². The monoisotopic (exact) mass is 441 g/mol. The molecule has 2 rings (SSSR count). The highest BCUT2D eigenvalue weighted by Gasteiger charge is 2.16. The van der Waals surface area contributed by atoms with Gasteiger partial charge in [-0.1, -0.05) is 41.5 Å². The number of benzene rings is 1. The summed E-state index contributed by atoms with van der Waals surface area (Å²) in [5.41, 5.74) is 0.342. The highest BCUT2D eigenvalue weighted by Crippen LogP contribution is 2.21. The van der Waals surface area contributed by atoms with Crippen molar-refractivity contribution in [3.05, 3.63) is 33.0 Å². The Morgan fingerprint density at radius 1 is 1.35 bits per heavy atom. The Morgan fingerprint density at radius 2 is 2.04 bits per heavy atom. The molecule has 0 unspecified atom stereocenters. The van der Waals surface area contributed by atoms with Crippen molar-refractivity contribution in [2.45, 2.75) is 51.5 Å². The number of aliphatic hydroxyl groups is 1. The maximum atomic E-state index is 12.8. The van der Waals surface area contributed by atoms with Crippen molar-refractivity contribution in [2.24, 2.45) is 5.92 Å². The van der Waals surface area contributed by atoms with E-state index in [-0.39, 0.29) is 29.8 Å². The molecule has 0 aliphatic carbocycles. The van der Waals surface area contributed by atoms with Gasteiger partial charge in [-0.3, -0.25) is 14.2 Å². The molecule has 0 saturated carbocycles. The molecule has 1 heterocycles. The van der Waals surface area contributed by atoms with E-state index in [0.717, 1.165) is 4.47 Å². The molecule has 1 aromatic carbocycles. The summed E-state index contributed by atoms with van der Waals surface area (Å²) in [6.45, 7) is 7.79. The molecule has 0 radical (unpaired) electrons. The Morgan fingerprint density at radius 3 is 2.65 bits per heavy atom. The van der Waals surface area contributed by atoms with E-state index in [2.05, 4.69) is 26.2 Å². The minimum atomic E-state index is -0.701. The first-order valence-electron chi connectivity index (χ1n) is 8.49. The molecule has 0 aliphatic heterocycles. The number of amides is 1. The second-order valence-corrected chi connectivity index (χ2v) is 8.57. The van der Waals surface area contributed by atoms with E-state index in [0.29, 0.717) is 22.0 Å². The van der Waals surface area contributed by atoms with E-state index in [1.54, 1.807) is 19.1 Å². The molecule has 0 saturated heterocycles. The number of thioether (sulfide) groups is 1. The van der Waals surface area contributed by atoms with E-state index in [1.807, 2.05) is 26.8 Å². The molecule has 142 valence electrons. The maximum Gasteiger partial charge on any atom is 0.262 e. The Bertz CT molecular complexity index is 851. The van der Waals surface area contributed by atoms with Gasteiger partial charge in [-0.15, -0.1) is 0 Å². The predicted molar refractivity (Wildman–Crippen MR) is 109 cm³/mol. The largest absolute Gasteiger partial charge is 0.392 e. The van der Waals surface area contributed by atoms with Gasteiger partial charge in [-0.05, 0) is 38.0 Å². The summed E-state index contributed by atoms with van der Waals surface area (Å²) in [5, 5.41) is 13.6. The molecule has 2 aromatic rings. The molecule has 6 nitrogen and oxygen atoms in total. The second kappa shape index (κ2) is 9.01. The van der Waals surface area contributed by atoms with Crippen LogP contribution in [0.2, 0.25) is 0 Å². The normalized spacial score (nSPS) is 13.8. The third-order valence-electron chi connectivity index (χ3n) is 4.05. The van der Waals surface area contributed by atoms with Gasteiger partial charge in [-0.2, -0.15) is 0 Å². The number of halogens is 1. The number of hydrogen-bond acceptors (Lipinski definition) is 5. The number of hydrogen-bond donors (Lipinski definition) is 2. The molecule has 0 bridgehead atoms. The minimum Gasteiger partial charge on any atom is -0.392 e. The van der Waals surface area contributed by atoms with Gasteiger partial charge < -0.3 is 10.4 Å².